The zero-order valence-corrected chi connectivity index (χ0v) is 16.1. The molecule has 1 aliphatic rings. The highest BCUT2D eigenvalue weighted by Crippen LogP contribution is 2.28. The predicted molar refractivity (Wildman–Crippen MR) is 119 cm³/mol. The summed E-state index contributed by atoms with van der Waals surface area (Å²) < 4.78 is 0. The molecule has 3 heterocycles. The van der Waals surface area contributed by atoms with Gasteiger partial charge in [-0.1, -0.05) is 66.3 Å². The van der Waals surface area contributed by atoms with Gasteiger partial charge in [0.05, 0.1) is 0 Å². The van der Waals surface area contributed by atoms with E-state index in [0.717, 1.165) is 0 Å². The van der Waals surface area contributed by atoms with Gasteiger partial charge in [0.15, 0.2) is 0 Å². The van der Waals surface area contributed by atoms with Gasteiger partial charge < -0.3 is 0 Å². The van der Waals surface area contributed by atoms with Crippen LogP contribution >= 0.6 is 22.7 Å². The number of rotatable bonds is 2. The Morgan fingerprint density at radius 1 is 0.654 bits per heavy atom. The quantitative estimate of drug-likeness (QED) is 0.389. The number of fused-ring (bicyclic) bond motifs is 2. The van der Waals surface area contributed by atoms with Crippen LogP contribution in [-0.4, -0.2) is 6.71 Å². The maximum atomic E-state index is 2.33. The molecule has 2 aromatic carbocycles. The summed E-state index contributed by atoms with van der Waals surface area (Å²) in [6.45, 7) is 2.71. The molecule has 0 saturated carbocycles. The second-order valence-electron chi connectivity index (χ2n) is 6.70. The van der Waals surface area contributed by atoms with E-state index in [0.29, 0.717) is 6.71 Å². The lowest BCUT2D eigenvalue weighted by Gasteiger charge is -2.14. The summed E-state index contributed by atoms with van der Waals surface area (Å²) in [4.78, 5) is 2.66. The lowest BCUT2D eigenvalue weighted by molar-refractivity contribution is 1.68. The summed E-state index contributed by atoms with van der Waals surface area (Å²) in [6, 6.07) is 22.4. The van der Waals surface area contributed by atoms with Gasteiger partial charge in [-0.25, -0.2) is 0 Å². The first-order valence-corrected chi connectivity index (χ1v) is 10.6. The molecule has 0 aliphatic carbocycles. The Morgan fingerprint density at radius 3 is 1.58 bits per heavy atom. The van der Waals surface area contributed by atoms with Crippen LogP contribution in [0, 0.1) is 0 Å². The summed E-state index contributed by atoms with van der Waals surface area (Å²) in [5, 5.41) is 4.28. The van der Waals surface area contributed by atoms with Gasteiger partial charge >= 0.3 is 0 Å². The monoisotopic (exact) mass is 368 g/mol. The van der Waals surface area contributed by atoms with Crippen LogP contribution in [0.4, 0.5) is 0 Å². The van der Waals surface area contributed by atoms with Crippen molar-refractivity contribution in [1.82, 2.24) is 0 Å². The molecule has 0 bridgehead atoms. The molecule has 0 spiro atoms. The lowest BCUT2D eigenvalue weighted by Crippen LogP contribution is -2.41. The molecule has 5 rings (SSSR count). The normalized spacial score (nSPS) is 12.6. The molecule has 0 N–H and O–H groups in total. The molecule has 0 radical (unpaired) electrons. The van der Waals surface area contributed by atoms with Crippen LogP contribution in [0.2, 0.25) is 6.82 Å². The van der Waals surface area contributed by atoms with E-state index < -0.39 is 0 Å². The Bertz CT molecular complexity index is 1000. The average molecular weight is 368 g/mol. The smallest absolute Gasteiger partial charge is 0.144 e. The van der Waals surface area contributed by atoms with Gasteiger partial charge in [-0.15, -0.1) is 22.7 Å². The fourth-order valence-electron chi connectivity index (χ4n) is 3.77. The maximum Gasteiger partial charge on any atom is 0.207 e. The molecule has 2 aromatic heterocycles. The average Bonchev–Trinajstić information content (AvgIpc) is 3.37. The van der Waals surface area contributed by atoms with E-state index in [2.05, 4.69) is 90.4 Å². The van der Waals surface area contributed by atoms with E-state index in [1.807, 2.05) is 0 Å². The van der Waals surface area contributed by atoms with Crippen molar-refractivity contribution < 1.29 is 0 Å². The van der Waals surface area contributed by atoms with Gasteiger partial charge in [0.25, 0.3) is 0 Å². The fourth-order valence-corrected chi connectivity index (χ4v) is 5.21. The van der Waals surface area contributed by atoms with Crippen LogP contribution in [0.5, 0.6) is 0 Å². The number of hydrogen-bond acceptors (Lipinski definition) is 2. The Kier molecular flexibility index (Phi) is 3.92. The van der Waals surface area contributed by atoms with Gasteiger partial charge in [0, 0.05) is 9.75 Å². The number of benzene rings is 2. The molecule has 1 aliphatic heterocycles. The zero-order valence-electron chi connectivity index (χ0n) is 14.5. The van der Waals surface area contributed by atoms with E-state index >= 15 is 0 Å². The third-order valence-electron chi connectivity index (χ3n) is 5.16. The van der Waals surface area contributed by atoms with Gasteiger partial charge in [0.2, 0.25) is 6.71 Å². The molecule has 0 fully saturated rings. The van der Waals surface area contributed by atoms with Crippen LogP contribution in [-0.2, 0) is 0 Å². The van der Waals surface area contributed by atoms with Crippen molar-refractivity contribution in [2.75, 3.05) is 0 Å². The fraction of sp³-hybridized carbons (Fsp3) is 0.0435. The van der Waals surface area contributed by atoms with Crippen molar-refractivity contribution in [3.8, 4) is 20.9 Å². The molecule has 0 nitrogen and oxygen atoms in total. The Hall–Kier alpha value is -2.36. The molecular weight excluding hydrogens is 351 g/mol. The van der Waals surface area contributed by atoms with E-state index in [-0.39, 0.29) is 0 Å². The van der Waals surface area contributed by atoms with E-state index in [1.165, 1.54) is 42.9 Å². The van der Waals surface area contributed by atoms with Gasteiger partial charge in [-0.3, -0.25) is 0 Å². The Labute approximate surface area is 162 Å². The Morgan fingerprint density at radius 2 is 1.15 bits per heavy atom. The van der Waals surface area contributed by atoms with Crippen LogP contribution in [0.3, 0.4) is 0 Å². The first kappa shape index (κ1) is 15.9. The lowest BCUT2D eigenvalue weighted by atomic mass is 9.41. The molecule has 4 aromatic rings. The van der Waals surface area contributed by atoms with Crippen molar-refractivity contribution in [3.63, 3.8) is 0 Å². The van der Waals surface area contributed by atoms with Crippen LogP contribution in [0.15, 0.2) is 71.4 Å². The summed E-state index contributed by atoms with van der Waals surface area (Å²) >= 11 is 3.60. The van der Waals surface area contributed by atoms with Gasteiger partial charge in [-0.05, 0) is 57.3 Å². The molecule has 0 saturated heterocycles. The highest BCUT2D eigenvalue weighted by Gasteiger charge is 2.21. The number of thiophene rings is 2. The second-order valence-corrected chi connectivity index (χ2v) is 8.59. The van der Waals surface area contributed by atoms with Crippen LogP contribution in [0.25, 0.3) is 33.0 Å². The molecule has 124 valence electrons. The number of hydrogen-bond donors (Lipinski definition) is 0. The topological polar surface area (TPSA) is 0 Å². The largest absolute Gasteiger partial charge is 0.207 e. The highest BCUT2D eigenvalue weighted by molar-refractivity contribution is 7.13. The molecule has 0 atom stereocenters. The van der Waals surface area contributed by atoms with Crippen molar-refractivity contribution in [1.29, 1.82) is 0 Å². The molecule has 0 unspecified atom stereocenters. The molecule has 3 heteroatoms. The van der Waals surface area contributed by atoms with E-state index in [1.54, 1.807) is 22.7 Å². The minimum atomic E-state index is 0.393. The SMILES string of the molecule is CB1c2ccc(-c3cccs3)cc2C=Cc2cc(-c3cccs3)ccc21. The van der Waals surface area contributed by atoms with E-state index in [9.17, 15) is 0 Å². The van der Waals surface area contributed by atoms with Crippen molar-refractivity contribution >= 4 is 52.5 Å². The Balaban J connectivity index is 1.61. The zero-order chi connectivity index (χ0) is 17.5. The summed E-state index contributed by atoms with van der Waals surface area (Å²) in [5.41, 5.74) is 8.09. The standard InChI is InChI=1S/C23H17BS2/c1-24-20-10-8-18(22-4-2-12-25-22)14-16(20)6-7-17-15-19(9-11-21(17)24)23-5-3-13-26-23/h2-15H,1H3. The van der Waals surface area contributed by atoms with Crippen molar-refractivity contribution in [2.24, 2.45) is 0 Å². The molecule has 0 amide bonds. The van der Waals surface area contributed by atoms with Crippen molar-refractivity contribution in [3.05, 3.63) is 82.6 Å². The first-order chi connectivity index (χ1) is 12.8. The van der Waals surface area contributed by atoms with Gasteiger partial charge in [-0.2, -0.15) is 0 Å². The highest BCUT2D eigenvalue weighted by atomic mass is 32.1. The van der Waals surface area contributed by atoms with Crippen molar-refractivity contribution in [2.45, 2.75) is 6.82 Å². The third-order valence-corrected chi connectivity index (χ3v) is 7.00. The molecule has 26 heavy (non-hydrogen) atoms. The van der Waals surface area contributed by atoms with Crippen LogP contribution < -0.4 is 10.9 Å². The third kappa shape index (κ3) is 2.68. The summed E-state index contributed by atoms with van der Waals surface area (Å²) in [6.07, 6.45) is 4.57. The molecular formula is C23H17BS2. The predicted octanol–water partition coefficient (Wildman–Crippen LogP) is 5.87. The van der Waals surface area contributed by atoms with Gasteiger partial charge in [0.1, 0.15) is 0 Å². The maximum absolute atomic E-state index is 2.33. The summed E-state index contributed by atoms with van der Waals surface area (Å²) in [7, 11) is 0. The van der Waals surface area contributed by atoms with Crippen LogP contribution in [0.1, 0.15) is 11.1 Å². The minimum absolute atomic E-state index is 0.393. The first-order valence-electron chi connectivity index (χ1n) is 8.83. The summed E-state index contributed by atoms with van der Waals surface area (Å²) in [5.74, 6) is 0. The minimum Gasteiger partial charge on any atom is -0.144 e. The second kappa shape index (κ2) is 6.42. The van der Waals surface area contributed by atoms with E-state index in [4.69, 9.17) is 0 Å².